The lowest BCUT2D eigenvalue weighted by molar-refractivity contribution is -0.139. The summed E-state index contributed by atoms with van der Waals surface area (Å²) in [6.07, 6.45) is 7.21. The van der Waals surface area contributed by atoms with E-state index in [9.17, 15) is 14.7 Å². The summed E-state index contributed by atoms with van der Waals surface area (Å²) in [7, 11) is 1.76. The smallest absolute Gasteiger partial charge is 0.245 e. The first-order valence-electron chi connectivity index (χ1n) is 13.8. The molecule has 2 aromatic carbocycles. The molecule has 0 unspecified atom stereocenters. The summed E-state index contributed by atoms with van der Waals surface area (Å²) in [4.78, 5) is 31.0. The van der Waals surface area contributed by atoms with Crippen molar-refractivity contribution in [3.05, 3.63) is 60.2 Å². The number of anilines is 2. The van der Waals surface area contributed by atoms with Crippen LogP contribution >= 0.6 is 0 Å². The van der Waals surface area contributed by atoms with Crippen LogP contribution in [0.25, 0.3) is 0 Å². The summed E-state index contributed by atoms with van der Waals surface area (Å²) in [6, 6.07) is 17.5. The van der Waals surface area contributed by atoms with Gasteiger partial charge >= 0.3 is 0 Å². The van der Waals surface area contributed by atoms with E-state index in [1.54, 1.807) is 7.05 Å². The number of para-hydroxylation sites is 1. The van der Waals surface area contributed by atoms with Gasteiger partial charge in [-0.3, -0.25) is 9.59 Å². The lowest BCUT2D eigenvalue weighted by Gasteiger charge is -2.36. The number of likely N-dealkylation sites (tertiary alicyclic amines) is 1. The fraction of sp³-hybridized carbons (Fsp3) is 0.533. The third kappa shape index (κ3) is 6.51. The molecule has 0 radical (unpaired) electrons. The van der Waals surface area contributed by atoms with Gasteiger partial charge in [-0.1, -0.05) is 49.6 Å². The molecular formula is C30H42N4O3. The third-order valence-electron chi connectivity index (χ3n) is 8.01. The van der Waals surface area contributed by atoms with E-state index in [0.29, 0.717) is 13.1 Å². The Balaban J connectivity index is 1.59. The number of hydrogen-bond acceptors (Lipinski definition) is 5. The molecule has 1 aliphatic heterocycles. The Morgan fingerprint density at radius 3 is 2.43 bits per heavy atom. The second-order valence-corrected chi connectivity index (χ2v) is 10.4. The number of amides is 2. The van der Waals surface area contributed by atoms with Crippen molar-refractivity contribution in [2.45, 2.75) is 70.0 Å². The molecule has 2 aliphatic rings. The van der Waals surface area contributed by atoms with E-state index in [-0.39, 0.29) is 36.4 Å². The summed E-state index contributed by atoms with van der Waals surface area (Å²) in [5, 5.41) is 15.9. The predicted molar refractivity (Wildman–Crippen MR) is 148 cm³/mol. The molecule has 3 atom stereocenters. The van der Waals surface area contributed by atoms with Crippen molar-refractivity contribution in [3.8, 4) is 0 Å². The first kappa shape index (κ1) is 27.1. The molecule has 7 nitrogen and oxygen atoms in total. The maximum Gasteiger partial charge on any atom is 0.245 e. The second kappa shape index (κ2) is 13.1. The van der Waals surface area contributed by atoms with Crippen molar-refractivity contribution in [2.75, 3.05) is 31.6 Å². The summed E-state index contributed by atoms with van der Waals surface area (Å²) in [5.74, 6) is 0.110. The van der Waals surface area contributed by atoms with Crippen LogP contribution in [-0.2, 0) is 9.59 Å². The average molecular weight is 507 g/mol. The summed E-state index contributed by atoms with van der Waals surface area (Å²) in [5.41, 5.74) is 3.11. The number of hydrogen-bond donors (Lipinski definition) is 3. The van der Waals surface area contributed by atoms with E-state index in [1.165, 1.54) is 6.42 Å². The first-order valence-corrected chi connectivity index (χ1v) is 13.8. The molecule has 7 heteroatoms. The quantitative estimate of drug-likeness (QED) is 0.451. The number of carbonyl (C=O) groups is 2. The maximum absolute atomic E-state index is 14.1. The molecule has 2 fully saturated rings. The van der Waals surface area contributed by atoms with Gasteiger partial charge in [0.1, 0.15) is 6.04 Å². The number of likely N-dealkylation sites (N-methyl/N-ethyl adjacent to an activating group) is 1. The van der Waals surface area contributed by atoms with E-state index >= 15 is 0 Å². The predicted octanol–water partition coefficient (Wildman–Crippen LogP) is 4.15. The Kier molecular flexibility index (Phi) is 9.58. The van der Waals surface area contributed by atoms with Crippen LogP contribution in [0, 0.1) is 5.92 Å². The average Bonchev–Trinajstić information content (AvgIpc) is 3.45. The van der Waals surface area contributed by atoms with Gasteiger partial charge in [0, 0.05) is 24.5 Å². The van der Waals surface area contributed by atoms with E-state index in [0.717, 1.165) is 55.5 Å². The molecule has 1 aliphatic carbocycles. The van der Waals surface area contributed by atoms with Crippen molar-refractivity contribution >= 4 is 23.2 Å². The highest BCUT2D eigenvalue weighted by Gasteiger charge is 2.39. The lowest BCUT2D eigenvalue weighted by Crippen LogP contribution is -2.55. The number of aliphatic hydroxyl groups is 1. The monoisotopic (exact) mass is 506 g/mol. The third-order valence-corrected chi connectivity index (χ3v) is 8.01. The zero-order valence-electron chi connectivity index (χ0n) is 22.2. The minimum Gasteiger partial charge on any atom is -0.395 e. The molecule has 2 aromatic rings. The van der Waals surface area contributed by atoms with E-state index in [1.807, 2.05) is 48.2 Å². The highest BCUT2D eigenvalue weighted by molar-refractivity contribution is 5.90. The van der Waals surface area contributed by atoms with Gasteiger partial charge in [-0.15, -0.1) is 0 Å². The Bertz CT molecular complexity index is 1020. The van der Waals surface area contributed by atoms with Crippen LogP contribution in [0.1, 0.15) is 63.5 Å². The fourth-order valence-corrected chi connectivity index (χ4v) is 5.83. The molecule has 200 valence electrons. The molecule has 2 amide bonds. The highest BCUT2D eigenvalue weighted by Crippen LogP contribution is 2.37. The van der Waals surface area contributed by atoms with Gasteiger partial charge in [-0.25, -0.2) is 0 Å². The van der Waals surface area contributed by atoms with Crippen LogP contribution in [0.4, 0.5) is 11.4 Å². The van der Waals surface area contributed by atoms with Crippen LogP contribution in [0.2, 0.25) is 0 Å². The maximum atomic E-state index is 14.1. The van der Waals surface area contributed by atoms with E-state index in [4.69, 9.17) is 0 Å². The number of nitrogens with zero attached hydrogens (tertiary/aromatic N) is 2. The van der Waals surface area contributed by atoms with Crippen molar-refractivity contribution in [1.82, 2.24) is 15.5 Å². The van der Waals surface area contributed by atoms with Gasteiger partial charge in [0.25, 0.3) is 0 Å². The largest absolute Gasteiger partial charge is 0.395 e. The number of benzene rings is 2. The summed E-state index contributed by atoms with van der Waals surface area (Å²) >= 11 is 0. The molecule has 1 heterocycles. The molecule has 3 N–H and O–H groups in total. The van der Waals surface area contributed by atoms with Crippen LogP contribution in [0.15, 0.2) is 54.6 Å². The van der Waals surface area contributed by atoms with E-state index in [2.05, 4.69) is 33.7 Å². The minimum atomic E-state index is -0.484. The van der Waals surface area contributed by atoms with Crippen LogP contribution in [-0.4, -0.2) is 60.6 Å². The van der Waals surface area contributed by atoms with Gasteiger partial charge in [0.15, 0.2) is 0 Å². The first-order chi connectivity index (χ1) is 18.0. The SMILES string of the molecule is CN[C@@H](C)C(=O)N[C@H](C(=O)N1CCC[C@H]1c1cccc(N(CCO)c2ccccc2)c1)C1CCCCC1. The number of carbonyl (C=O) groups excluding carboxylic acids is 2. The van der Waals surface area contributed by atoms with Crippen LogP contribution < -0.4 is 15.5 Å². The van der Waals surface area contributed by atoms with Gasteiger partial charge in [0.05, 0.1) is 18.7 Å². The molecule has 1 saturated heterocycles. The number of nitrogens with one attached hydrogen (secondary N) is 2. The van der Waals surface area contributed by atoms with Crippen molar-refractivity contribution in [2.24, 2.45) is 5.92 Å². The van der Waals surface area contributed by atoms with Gasteiger partial charge < -0.3 is 25.5 Å². The van der Waals surface area contributed by atoms with Gasteiger partial charge in [-0.2, -0.15) is 0 Å². The molecule has 0 aromatic heterocycles. The molecular weight excluding hydrogens is 464 g/mol. The Morgan fingerprint density at radius 1 is 1.00 bits per heavy atom. The molecule has 1 saturated carbocycles. The molecule has 4 rings (SSSR count). The van der Waals surface area contributed by atoms with Gasteiger partial charge in [0.2, 0.25) is 11.8 Å². The Labute approximate surface area is 221 Å². The zero-order valence-corrected chi connectivity index (χ0v) is 22.2. The minimum absolute atomic E-state index is 0.0242. The number of rotatable bonds is 10. The topological polar surface area (TPSA) is 84.9 Å². The van der Waals surface area contributed by atoms with Crippen LogP contribution in [0.3, 0.4) is 0 Å². The second-order valence-electron chi connectivity index (χ2n) is 10.4. The zero-order chi connectivity index (χ0) is 26.2. The van der Waals surface area contributed by atoms with Crippen molar-refractivity contribution in [3.63, 3.8) is 0 Å². The van der Waals surface area contributed by atoms with Crippen molar-refractivity contribution in [1.29, 1.82) is 0 Å². The summed E-state index contributed by atoms with van der Waals surface area (Å²) in [6.45, 7) is 3.06. The van der Waals surface area contributed by atoms with Gasteiger partial charge in [-0.05, 0) is 75.4 Å². The summed E-state index contributed by atoms with van der Waals surface area (Å²) < 4.78 is 0. The van der Waals surface area contributed by atoms with E-state index < -0.39 is 6.04 Å². The Hall–Kier alpha value is -2.90. The molecule has 0 spiro atoms. The highest BCUT2D eigenvalue weighted by atomic mass is 16.3. The molecule has 0 bridgehead atoms. The normalized spacial score (nSPS) is 19.9. The van der Waals surface area contributed by atoms with Crippen LogP contribution in [0.5, 0.6) is 0 Å². The lowest BCUT2D eigenvalue weighted by atomic mass is 9.83. The molecule has 37 heavy (non-hydrogen) atoms. The number of aliphatic hydroxyl groups excluding tert-OH is 1. The Morgan fingerprint density at radius 2 is 1.73 bits per heavy atom. The standard InChI is InChI=1S/C30H42N4O3/c1-22(31-2)29(36)32-28(23-11-5-3-6-12-23)30(37)34-18-10-17-27(34)24-13-9-16-26(21-24)33(19-20-35)25-14-7-4-8-15-25/h4,7-9,13-16,21-23,27-28,31,35H,3,5-6,10-12,17-20H2,1-2H3,(H,32,36)/t22-,27-,28-/m0/s1. The fourth-order valence-electron chi connectivity index (χ4n) is 5.83. The van der Waals surface area contributed by atoms with Crippen molar-refractivity contribution < 1.29 is 14.7 Å².